The third-order valence-corrected chi connectivity index (χ3v) is 2.84. The van der Waals surface area contributed by atoms with Crippen molar-refractivity contribution in [3.63, 3.8) is 0 Å². The zero-order valence-corrected chi connectivity index (χ0v) is 9.33. The van der Waals surface area contributed by atoms with Crippen LogP contribution in [0, 0.1) is 0 Å². The lowest BCUT2D eigenvalue weighted by atomic mass is 10.1. The SMILES string of the molecule is c1cnc(-c2noc([C@H]3CCCCN3)n2)cn1. The molecule has 0 radical (unpaired) electrons. The minimum atomic E-state index is 0.182. The fourth-order valence-electron chi connectivity index (χ4n) is 1.96. The van der Waals surface area contributed by atoms with Crippen molar-refractivity contribution in [1.82, 2.24) is 25.4 Å². The molecule has 0 saturated carbocycles. The fourth-order valence-corrected chi connectivity index (χ4v) is 1.96. The maximum Gasteiger partial charge on any atom is 0.244 e. The van der Waals surface area contributed by atoms with Crippen LogP contribution in [0.5, 0.6) is 0 Å². The van der Waals surface area contributed by atoms with Gasteiger partial charge < -0.3 is 9.84 Å². The second-order valence-electron chi connectivity index (χ2n) is 4.05. The molecular formula is C11H13N5O. The van der Waals surface area contributed by atoms with Gasteiger partial charge in [-0.1, -0.05) is 11.6 Å². The van der Waals surface area contributed by atoms with Crippen molar-refractivity contribution in [3.05, 3.63) is 24.5 Å². The van der Waals surface area contributed by atoms with Gasteiger partial charge in [0.05, 0.1) is 12.2 Å². The Morgan fingerprint density at radius 2 is 2.29 bits per heavy atom. The molecule has 0 aliphatic carbocycles. The summed E-state index contributed by atoms with van der Waals surface area (Å²) < 4.78 is 5.27. The zero-order chi connectivity index (χ0) is 11.5. The molecule has 1 saturated heterocycles. The number of nitrogens with one attached hydrogen (secondary N) is 1. The Morgan fingerprint density at radius 1 is 1.29 bits per heavy atom. The van der Waals surface area contributed by atoms with Crippen molar-refractivity contribution < 1.29 is 4.52 Å². The minimum absolute atomic E-state index is 0.182. The molecule has 0 amide bonds. The molecular weight excluding hydrogens is 218 g/mol. The van der Waals surface area contributed by atoms with Crippen LogP contribution >= 0.6 is 0 Å². The van der Waals surface area contributed by atoms with Crippen molar-refractivity contribution in [2.24, 2.45) is 0 Å². The molecule has 88 valence electrons. The molecule has 6 nitrogen and oxygen atoms in total. The third kappa shape index (κ3) is 2.16. The van der Waals surface area contributed by atoms with Gasteiger partial charge in [0.1, 0.15) is 5.69 Å². The quantitative estimate of drug-likeness (QED) is 0.840. The molecule has 1 atom stereocenters. The molecule has 3 heterocycles. The summed E-state index contributed by atoms with van der Waals surface area (Å²) >= 11 is 0. The first-order valence-electron chi connectivity index (χ1n) is 5.77. The average molecular weight is 231 g/mol. The van der Waals surface area contributed by atoms with E-state index in [1.165, 1.54) is 12.8 Å². The van der Waals surface area contributed by atoms with E-state index in [0.29, 0.717) is 17.4 Å². The van der Waals surface area contributed by atoms with Gasteiger partial charge in [-0.25, -0.2) is 4.98 Å². The van der Waals surface area contributed by atoms with Gasteiger partial charge in [0, 0.05) is 12.4 Å². The lowest BCUT2D eigenvalue weighted by Gasteiger charge is -2.19. The van der Waals surface area contributed by atoms with E-state index < -0.39 is 0 Å². The van der Waals surface area contributed by atoms with Gasteiger partial charge in [-0.15, -0.1) is 0 Å². The molecule has 0 unspecified atom stereocenters. The molecule has 6 heteroatoms. The highest BCUT2D eigenvalue weighted by Crippen LogP contribution is 2.23. The van der Waals surface area contributed by atoms with Crippen LogP contribution in [-0.4, -0.2) is 26.7 Å². The molecule has 3 rings (SSSR count). The summed E-state index contributed by atoms with van der Waals surface area (Å²) in [5.41, 5.74) is 0.637. The Balaban J connectivity index is 1.83. The molecule has 2 aromatic heterocycles. The molecule has 1 fully saturated rings. The summed E-state index contributed by atoms with van der Waals surface area (Å²) in [7, 11) is 0. The Kier molecular flexibility index (Phi) is 2.79. The second kappa shape index (κ2) is 4.58. The predicted octanol–water partition coefficient (Wildman–Crippen LogP) is 1.34. The van der Waals surface area contributed by atoms with E-state index in [2.05, 4.69) is 25.4 Å². The summed E-state index contributed by atoms with van der Waals surface area (Å²) in [6.07, 6.45) is 8.31. The Hall–Kier alpha value is -1.82. The number of rotatable bonds is 2. The molecule has 1 N–H and O–H groups in total. The lowest BCUT2D eigenvalue weighted by molar-refractivity contribution is 0.297. The van der Waals surface area contributed by atoms with Crippen molar-refractivity contribution in [1.29, 1.82) is 0 Å². The number of hydrogen-bond acceptors (Lipinski definition) is 6. The second-order valence-corrected chi connectivity index (χ2v) is 4.05. The summed E-state index contributed by atoms with van der Waals surface area (Å²) in [6, 6.07) is 0.182. The summed E-state index contributed by atoms with van der Waals surface area (Å²) in [5, 5.41) is 7.30. The van der Waals surface area contributed by atoms with Crippen molar-refractivity contribution in [2.75, 3.05) is 6.54 Å². The minimum Gasteiger partial charge on any atom is -0.337 e. The highest BCUT2D eigenvalue weighted by atomic mass is 16.5. The molecule has 17 heavy (non-hydrogen) atoms. The van der Waals surface area contributed by atoms with Crippen LogP contribution in [-0.2, 0) is 0 Å². The highest BCUT2D eigenvalue weighted by Gasteiger charge is 2.21. The van der Waals surface area contributed by atoms with Crippen LogP contribution in [0.2, 0.25) is 0 Å². The van der Waals surface area contributed by atoms with Crippen LogP contribution < -0.4 is 5.32 Å². The van der Waals surface area contributed by atoms with Crippen molar-refractivity contribution >= 4 is 0 Å². The van der Waals surface area contributed by atoms with E-state index in [9.17, 15) is 0 Å². The molecule has 2 aromatic rings. The maximum absolute atomic E-state index is 5.27. The summed E-state index contributed by atoms with van der Waals surface area (Å²) in [5.74, 6) is 1.14. The van der Waals surface area contributed by atoms with Crippen LogP contribution in [0.4, 0.5) is 0 Å². The smallest absolute Gasteiger partial charge is 0.244 e. The largest absolute Gasteiger partial charge is 0.337 e. The van der Waals surface area contributed by atoms with Gasteiger partial charge >= 0.3 is 0 Å². The topological polar surface area (TPSA) is 76.7 Å². The molecule has 0 spiro atoms. The first-order chi connectivity index (χ1) is 8.43. The maximum atomic E-state index is 5.27. The number of hydrogen-bond donors (Lipinski definition) is 1. The number of aromatic nitrogens is 4. The van der Waals surface area contributed by atoms with Gasteiger partial charge in [-0.2, -0.15) is 4.98 Å². The van der Waals surface area contributed by atoms with Crippen LogP contribution in [0.15, 0.2) is 23.1 Å². The van der Waals surface area contributed by atoms with Crippen molar-refractivity contribution in [2.45, 2.75) is 25.3 Å². The average Bonchev–Trinajstić information content (AvgIpc) is 2.90. The van der Waals surface area contributed by atoms with Crippen LogP contribution in [0.25, 0.3) is 11.5 Å². The van der Waals surface area contributed by atoms with Gasteiger partial charge in [-0.05, 0) is 19.4 Å². The standard InChI is InChI=1S/C11H13N5O/c1-2-4-13-8(3-1)11-15-10(16-17-11)9-7-12-5-6-14-9/h5-8,13H,1-4H2/t8-/m1/s1. The highest BCUT2D eigenvalue weighted by molar-refractivity contribution is 5.45. The molecule has 0 aromatic carbocycles. The molecule has 1 aliphatic heterocycles. The van der Waals surface area contributed by atoms with E-state index in [1.54, 1.807) is 18.6 Å². The normalized spacial score (nSPS) is 20.4. The van der Waals surface area contributed by atoms with E-state index in [-0.39, 0.29) is 6.04 Å². The van der Waals surface area contributed by atoms with Gasteiger partial charge in [0.25, 0.3) is 0 Å². The lowest BCUT2D eigenvalue weighted by Crippen LogP contribution is -2.26. The van der Waals surface area contributed by atoms with Crippen LogP contribution in [0.3, 0.4) is 0 Å². The van der Waals surface area contributed by atoms with Gasteiger partial charge in [-0.3, -0.25) is 4.98 Å². The van der Waals surface area contributed by atoms with Crippen LogP contribution in [0.1, 0.15) is 31.2 Å². The summed E-state index contributed by atoms with van der Waals surface area (Å²) in [6.45, 7) is 1.01. The monoisotopic (exact) mass is 231 g/mol. The van der Waals surface area contributed by atoms with Crippen molar-refractivity contribution in [3.8, 4) is 11.5 Å². The first-order valence-corrected chi connectivity index (χ1v) is 5.77. The predicted molar refractivity (Wildman–Crippen MR) is 59.9 cm³/mol. The molecule has 1 aliphatic rings. The van der Waals surface area contributed by atoms with Gasteiger partial charge in [0.2, 0.25) is 11.7 Å². The Labute approximate surface area is 98.5 Å². The van der Waals surface area contributed by atoms with E-state index in [1.807, 2.05) is 0 Å². The first kappa shape index (κ1) is 10.3. The number of nitrogens with zero attached hydrogens (tertiary/aromatic N) is 4. The van der Waals surface area contributed by atoms with E-state index in [0.717, 1.165) is 13.0 Å². The van der Waals surface area contributed by atoms with Gasteiger partial charge in [0.15, 0.2) is 0 Å². The Bertz CT molecular complexity index is 478. The number of piperidine rings is 1. The third-order valence-electron chi connectivity index (χ3n) is 2.84. The van der Waals surface area contributed by atoms with E-state index in [4.69, 9.17) is 4.52 Å². The summed E-state index contributed by atoms with van der Waals surface area (Å²) in [4.78, 5) is 12.5. The zero-order valence-electron chi connectivity index (χ0n) is 9.33. The molecule has 0 bridgehead atoms. The fraction of sp³-hybridized carbons (Fsp3) is 0.455. The Morgan fingerprint density at radius 3 is 3.06 bits per heavy atom. The van der Waals surface area contributed by atoms with E-state index >= 15 is 0 Å².